The van der Waals surface area contributed by atoms with Crippen LogP contribution in [0.5, 0.6) is 5.75 Å². The van der Waals surface area contributed by atoms with Crippen LogP contribution in [0.3, 0.4) is 0 Å². The van der Waals surface area contributed by atoms with Crippen LogP contribution < -0.4 is 10.5 Å². The Morgan fingerprint density at radius 2 is 1.95 bits per heavy atom. The van der Waals surface area contributed by atoms with Crippen LogP contribution in [0.15, 0.2) is 42.5 Å². The van der Waals surface area contributed by atoms with Crippen LogP contribution in [0.25, 0.3) is 0 Å². The molecule has 3 heteroatoms. The molecule has 0 fully saturated rings. The van der Waals surface area contributed by atoms with Crippen molar-refractivity contribution < 1.29 is 9.13 Å². The van der Waals surface area contributed by atoms with Crippen molar-refractivity contribution in [1.82, 2.24) is 0 Å². The quantitative estimate of drug-likeness (QED) is 0.898. The Hall–Kier alpha value is -1.87. The molecule has 0 aliphatic carbocycles. The summed E-state index contributed by atoms with van der Waals surface area (Å²) in [5, 5.41) is 0. The number of hydrogen-bond acceptors (Lipinski definition) is 2. The van der Waals surface area contributed by atoms with Crippen molar-refractivity contribution in [3.63, 3.8) is 0 Å². The van der Waals surface area contributed by atoms with E-state index in [1.165, 1.54) is 18.7 Å². The average Bonchev–Trinajstić information content (AvgIpc) is 2.47. The fourth-order valence-corrected chi connectivity index (χ4v) is 2.39. The lowest BCUT2D eigenvalue weighted by molar-refractivity contribution is 0.402. The highest BCUT2D eigenvalue weighted by Crippen LogP contribution is 2.31. The summed E-state index contributed by atoms with van der Waals surface area (Å²) in [4.78, 5) is 0. The predicted octanol–water partition coefficient (Wildman–Crippen LogP) is 3.83. The summed E-state index contributed by atoms with van der Waals surface area (Å²) in [7, 11) is 1.53. The Labute approximate surface area is 119 Å². The molecule has 20 heavy (non-hydrogen) atoms. The van der Waals surface area contributed by atoms with E-state index < -0.39 is 6.04 Å². The van der Waals surface area contributed by atoms with Crippen molar-refractivity contribution in [1.29, 1.82) is 0 Å². The molecule has 0 saturated heterocycles. The summed E-state index contributed by atoms with van der Waals surface area (Å²) in [5.41, 5.74) is 8.77. The summed E-state index contributed by atoms with van der Waals surface area (Å²) in [6.07, 6.45) is 2.07. The summed E-state index contributed by atoms with van der Waals surface area (Å²) >= 11 is 0. The van der Waals surface area contributed by atoms with Gasteiger partial charge in [0.1, 0.15) is 11.6 Å². The van der Waals surface area contributed by atoms with Crippen molar-refractivity contribution >= 4 is 0 Å². The van der Waals surface area contributed by atoms with Gasteiger partial charge in [-0.2, -0.15) is 0 Å². The van der Waals surface area contributed by atoms with Crippen molar-refractivity contribution in [2.45, 2.75) is 25.8 Å². The lowest BCUT2D eigenvalue weighted by Gasteiger charge is -2.17. The van der Waals surface area contributed by atoms with Gasteiger partial charge in [-0.25, -0.2) is 4.39 Å². The van der Waals surface area contributed by atoms with Crippen LogP contribution in [0.2, 0.25) is 0 Å². The van der Waals surface area contributed by atoms with Gasteiger partial charge < -0.3 is 10.5 Å². The Morgan fingerprint density at radius 1 is 1.20 bits per heavy atom. The molecule has 2 aromatic carbocycles. The van der Waals surface area contributed by atoms with E-state index in [9.17, 15) is 4.39 Å². The highest BCUT2D eigenvalue weighted by molar-refractivity contribution is 5.43. The van der Waals surface area contributed by atoms with E-state index in [0.29, 0.717) is 11.3 Å². The molecule has 0 aromatic heterocycles. The molecular weight excluding hydrogens is 253 g/mol. The molecule has 106 valence electrons. The molecular formula is C17H20FNO. The number of hydrogen-bond donors (Lipinski definition) is 1. The third kappa shape index (κ3) is 2.99. The number of rotatable bonds is 5. The van der Waals surface area contributed by atoms with Gasteiger partial charge in [-0.05, 0) is 29.7 Å². The minimum atomic E-state index is -0.525. The first kappa shape index (κ1) is 14.5. The van der Waals surface area contributed by atoms with Gasteiger partial charge in [-0.3, -0.25) is 0 Å². The van der Waals surface area contributed by atoms with E-state index in [1.54, 1.807) is 12.1 Å². The second-order valence-electron chi connectivity index (χ2n) is 4.83. The fourth-order valence-electron chi connectivity index (χ4n) is 2.39. The van der Waals surface area contributed by atoms with Gasteiger partial charge in [-0.15, -0.1) is 0 Å². The SMILES string of the molecule is CCCc1cccc(C(N)c2c(F)cccc2OC)c1. The zero-order valence-corrected chi connectivity index (χ0v) is 11.9. The zero-order chi connectivity index (χ0) is 14.5. The van der Waals surface area contributed by atoms with E-state index >= 15 is 0 Å². The largest absolute Gasteiger partial charge is 0.496 e. The van der Waals surface area contributed by atoms with Gasteiger partial charge in [-0.1, -0.05) is 43.7 Å². The maximum atomic E-state index is 14.1. The van der Waals surface area contributed by atoms with Gasteiger partial charge in [0.25, 0.3) is 0 Å². The molecule has 0 saturated carbocycles. The highest BCUT2D eigenvalue weighted by Gasteiger charge is 2.18. The zero-order valence-electron chi connectivity index (χ0n) is 11.9. The first-order chi connectivity index (χ1) is 9.67. The smallest absolute Gasteiger partial charge is 0.132 e. The molecule has 2 rings (SSSR count). The number of halogens is 1. The molecule has 2 nitrogen and oxygen atoms in total. The number of benzene rings is 2. The van der Waals surface area contributed by atoms with Crippen LogP contribution in [-0.4, -0.2) is 7.11 Å². The van der Waals surface area contributed by atoms with E-state index in [1.807, 2.05) is 18.2 Å². The van der Waals surface area contributed by atoms with E-state index in [4.69, 9.17) is 10.5 Å². The maximum Gasteiger partial charge on any atom is 0.132 e. The molecule has 1 atom stereocenters. The Balaban J connectivity index is 2.40. The van der Waals surface area contributed by atoms with Crippen molar-refractivity contribution in [3.8, 4) is 5.75 Å². The standard InChI is InChI=1S/C17H20FNO/c1-3-6-12-7-4-8-13(11-12)17(19)16-14(18)9-5-10-15(16)20-2/h4-5,7-11,17H,3,6,19H2,1-2H3. The third-order valence-electron chi connectivity index (χ3n) is 3.39. The molecule has 2 aromatic rings. The van der Waals surface area contributed by atoms with Crippen molar-refractivity contribution in [2.24, 2.45) is 5.73 Å². The van der Waals surface area contributed by atoms with Gasteiger partial charge in [0.15, 0.2) is 0 Å². The van der Waals surface area contributed by atoms with Crippen LogP contribution in [-0.2, 0) is 6.42 Å². The molecule has 0 heterocycles. The number of nitrogens with two attached hydrogens (primary N) is 1. The van der Waals surface area contributed by atoms with E-state index in [2.05, 4.69) is 13.0 Å². The topological polar surface area (TPSA) is 35.2 Å². The summed E-state index contributed by atoms with van der Waals surface area (Å²) < 4.78 is 19.3. The summed E-state index contributed by atoms with van der Waals surface area (Å²) in [6.45, 7) is 2.13. The first-order valence-corrected chi connectivity index (χ1v) is 6.84. The van der Waals surface area contributed by atoms with Gasteiger partial charge in [0.2, 0.25) is 0 Å². The van der Waals surface area contributed by atoms with Crippen LogP contribution in [0.1, 0.15) is 36.1 Å². The second kappa shape index (κ2) is 6.53. The predicted molar refractivity (Wildman–Crippen MR) is 79.4 cm³/mol. The second-order valence-corrected chi connectivity index (χ2v) is 4.83. The monoisotopic (exact) mass is 273 g/mol. The maximum absolute atomic E-state index is 14.1. The van der Waals surface area contributed by atoms with Crippen LogP contribution >= 0.6 is 0 Å². The van der Waals surface area contributed by atoms with E-state index in [-0.39, 0.29) is 5.82 Å². The third-order valence-corrected chi connectivity index (χ3v) is 3.39. The van der Waals surface area contributed by atoms with Crippen LogP contribution in [0.4, 0.5) is 4.39 Å². The van der Waals surface area contributed by atoms with Gasteiger partial charge in [0.05, 0.1) is 18.7 Å². The number of aryl methyl sites for hydroxylation is 1. The Kier molecular flexibility index (Phi) is 4.74. The first-order valence-electron chi connectivity index (χ1n) is 6.84. The summed E-state index contributed by atoms with van der Waals surface area (Å²) in [6, 6.07) is 12.2. The normalized spacial score (nSPS) is 12.2. The number of methoxy groups -OCH3 is 1. The average molecular weight is 273 g/mol. The van der Waals surface area contributed by atoms with Gasteiger partial charge >= 0.3 is 0 Å². The molecule has 2 N–H and O–H groups in total. The molecule has 1 unspecified atom stereocenters. The van der Waals surface area contributed by atoms with Crippen LogP contribution in [0, 0.1) is 5.82 Å². The Morgan fingerprint density at radius 3 is 2.65 bits per heavy atom. The fraction of sp³-hybridized carbons (Fsp3) is 0.294. The Bertz CT molecular complexity index is 583. The highest BCUT2D eigenvalue weighted by atomic mass is 19.1. The number of ether oxygens (including phenoxy) is 1. The molecule has 0 aliphatic rings. The molecule has 0 amide bonds. The van der Waals surface area contributed by atoms with E-state index in [0.717, 1.165) is 18.4 Å². The van der Waals surface area contributed by atoms with Gasteiger partial charge in [0, 0.05) is 0 Å². The lowest BCUT2D eigenvalue weighted by atomic mass is 9.96. The molecule has 0 bridgehead atoms. The minimum absolute atomic E-state index is 0.335. The summed E-state index contributed by atoms with van der Waals surface area (Å²) in [5.74, 6) is 0.149. The lowest BCUT2D eigenvalue weighted by Crippen LogP contribution is -2.15. The van der Waals surface area contributed by atoms with Crippen molar-refractivity contribution in [3.05, 3.63) is 65.0 Å². The molecule has 0 radical (unpaired) electrons. The minimum Gasteiger partial charge on any atom is -0.496 e. The van der Waals surface area contributed by atoms with Crippen molar-refractivity contribution in [2.75, 3.05) is 7.11 Å². The molecule has 0 spiro atoms. The molecule has 0 aliphatic heterocycles.